The molecule has 27 heavy (non-hydrogen) atoms. The standard InChI is InChI=1S/C18H18ClN5O2S/c19-12-3-4-13-14(5-7-21-15(13)10-12)20-6-1-2-16(25)23-11-17(26)24-18-22-8-9-27-18/h3-5,7-10H,1-2,6,11H2,(H,20,21)(H,23,25)(H,22,24,26). The zero-order valence-electron chi connectivity index (χ0n) is 14.4. The van der Waals surface area contributed by atoms with Crippen LogP contribution in [0.2, 0.25) is 5.02 Å². The molecule has 7 nitrogen and oxygen atoms in total. The van der Waals surface area contributed by atoms with E-state index in [-0.39, 0.29) is 18.4 Å². The summed E-state index contributed by atoms with van der Waals surface area (Å²) < 4.78 is 0. The lowest BCUT2D eigenvalue weighted by atomic mass is 10.2. The van der Waals surface area contributed by atoms with Crippen LogP contribution in [0.5, 0.6) is 0 Å². The van der Waals surface area contributed by atoms with Crippen molar-refractivity contribution in [1.82, 2.24) is 15.3 Å². The summed E-state index contributed by atoms with van der Waals surface area (Å²) >= 11 is 7.31. The van der Waals surface area contributed by atoms with Crippen molar-refractivity contribution in [2.45, 2.75) is 12.8 Å². The third-order valence-electron chi connectivity index (χ3n) is 3.73. The zero-order valence-corrected chi connectivity index (χ0v) is 15.9. The Bertz CT molecular complexity index is 933. The summed E-state index contributed by atoms with van der Waals surface area (Å²) in [7, 11) is 0. The van der Waals surface area contributed by atoms with Crippen LogP contribution in [0.3, 0.4) is 0 Å². The van der Waals surface area contributed by atoms with Gasteiger partial charge in [0.15, 0.2) is 5.13 Å². The van der Waals surface area contributed by atoms with Crippen molar-refractivity contribution in [2.24, 2.45) is 0 Å². The molecule has 2 amide bonds. The number of pyridine rings is 1. The fourth-order valence-corrected chi connectivity index (χ4v) is 3.17. The molecule has 3 N–H and O–H groups in total. The van der Waals surface area contributed by atoms with Crippen LogP contribution in [0.15, 0.2) is 42.0 Å². The second-order valence-electron chi connectivity index (χ2n) is 5.71. The Morgan fingerprint density at radius 1 is 1.11 bits per heavy atom. The SMILES string of the molecule is O=C(CCCNc1ccnc2cc(Cl)ccc12)NCC(=O)Nc1nccs1. The molecule has 9 heteroatoms. The summed E-state index contributed by atoms with van der Waals surface area (Å²) in [6.45, 7) is 0.558. The molecule has 0 spiro atoms. The number of aromatic nitrogens is 2. The highest BCUT2D eigenvalue weighted by molar-refractivity contribution is 7.13. The Morgan fingerprint density at radius 3 is 2.81 bits per heavy atom. The molecule has 3 rings (SSSR count). The zero-order chi connectivity index (χ0) is 19.1. The van der Waals surface area contributed by atoms with Crippen LogP contribution in [0.4, 0.5) is 10.8 Å². The number of amides is 2. The molecular weight excluding hydrogens is 386 g/mol. The number of anilines is 2. The van der Waals surface area contributed by atoms with E-state index in [9.17, 15) is 9.59 Å². The van der Waals surface area contributed by atoms with E-state index >= 15 is 0 Å². The summed E-state index contributed by atoms with van der Waals surface area (Å²) in [5, 5.41) is 12.4. The fourth-order valence-electron chi connectivity index (χ4n) is 2.46. The third kappa shape index (κ3) is 5.63. The minimum absolute atomic E-state index is 0.0679. The van der Waals surface area contributed by atoms with E-state index in [0.717, 1.165) is 16.6 Å². The monoisotopic (exact) mass is 403 g/mol. The number of carbonyl (C=O) groups excluding carboxylic acids is 2. The van der Waals surface area contributed by atoms with Gasteiger partial charge in [-0.2, -0.15) is 0 Å². The smallest absolute Gasteiger partial charge is 0.245 e. The number of nitrogens with one attached hydrogen (secondary N) is 3. The summed E-state index contributed by atoms with van der Waals surface area (Å²) in [5.41, 5.74) is 1.76. The second kappa shape index (κ2) is 9.29. The topological polar surface area (TPSA) is 96.0 Å². The highest BCUT2D eigenvalue weighted by atomic mass is 35.5. The number of fused-ring (bicyclic) bond motifs is 1. The van der Waals surface area contributed by atoms with E-state index in [1.807, 2.05) is 24.3 Å². The molecule has 0 saturated carbocycles. The van der Waals surface area contributed by atoms with Crippen molar-refractivity contribution >= 4 is 56.5 Å². The first-order chi connectivity index (χ1) is 13.1. The number of halogens is 1. The van der Waals surface area contributed by atoms with Gasteiger partial charge >= 0.3 is 0 Å². The first-order valence-corrected chi connectivity index (χ1v) is 9.62. The predicted octanol–water partition coefficient (Wildman–Crippen LogP) is 3.29. The molecule has 0 unspecified atom stereocenters. The van der Waals surface area contributed by atoms with Crippen molar-refractivity contribution in [1.29, 1.82) is 0 Å². The minimum Gasteiger partial charge on any atom is -0.384 e. The molecule has 0 saturated heterocycles. The Hall–Kier alpha value is -2.71. The van der Waals surface area contributed by atoms with E-state index in [4.69, 9.17) is 11.6 Å². The van der Waals surface area contributed by atoms with E-state index < -0.39 is 0 Å². The first-order valence-electron chi connectivity index (χ1n) is 8.36. The molecule has 0 fully saturated rings. The van der Waals surface area contributed by atoms with Gasteiger partial charge in [0.05, 0.1) is 12.1 Å². The van der Waals surface area contributed by atoms with Crippen LogP contribution in [0.1, 0.15) is 12.8 Å². The molecule has 0 aliphatic heterocycles. The normalized spacial score (nSPS) is 10.6. The van der Waals surface area contributed by atoms with Gasteiger partial charge in [0, 0.05) is 46.8 Å². The third-order valence-corrected chi connectivity index (χ3v) is 4.65. The van der Waals surface area contributed by atoms with E-state index in [2.05, 4.69) is 25.9 Å². The van der Waals surface area contributed by atoms with Crippen LogP contribution >= 0.6 is 22.9 Å². The average Bonchev–Trinajstić information content (AvgIpc) is 3.16. The first kappa shape index (κ1) is 19.1. The lowest BCUT2D eigenvalue weighted by molar-refractivity contribution is -0.124. The van der Waals surface area contributed by atoms with Crippen molar-refractivity contribution in [3.8, 4) is 0 Å². The minimum atomic E-state index is -0.293. The van der Waals surface area contributed by atoms with Crippen LogP contribution in [-0.4, -0.2) is 34.9 Å². The van der Waals surface area contributed by atoms with Gasteiger partial charge in [0.25, 0.3) is 0 Å². The summed E-state index contributed by atoms with van der Waals surface area (Å²) in [6, 6.07) is 7.44. The Labute approximate surface area is 165 Å². The van der Waals surface area contributed by atoms with Gasteiger partial charge in [0.2, 0.25) is 11.8 Å². The van der Waals surface area contributed by atoms with Crippen molar-refractivity contribution in [2.75, 3.05) is 23.7 Å². The number of hydrogen-bond acceptors (Lipinski definition) is 6. The molecular formula is C18H18ClN5O2S. The summed E-state index contributed by atoms with van der Waals surface area (Å²) in [4.78, 5) is 31.8. The van der Waals surface area contributed by atoms with Gasteiger partial charge < -0.3 is 16.0 Å². The van der Waals surface area contributed by atoms with E-state index in [1.54, 1.807) is 17.8 Å². The van der Waals surface area contributed by atoms with Crippen molar-refractivity contribution in [3.05, 3.63) is 47.1 Å². The Kier molecular flexibility index (Phi) is 6.56. The molecule has 0 aliphatic rings. The van der Waals surface area contributed by atoms with Crippen LogP contribution < -0.4 is 16.0 Å². The van der Waals surface area contributed by atoms with Gasteiger partial charge in [-0.1, -0.05) is 11.6 Å². The largest absolute Gasteiger partial charge is 0.384 e. The molecule has 140 valence electrons. The van der Waals surface area contributed by atoms with Gasteiger partial charge in [0.1, 0.15) is 0 Å². The van der Waals surface area contributed by atoms with E-state index in [0.29, 0.717) is 29.5 Å². The van der Waals surface area contributed by atoms with Gasteiger partial charge in [-0.25, -0.2) is 4.98 Å². The van der Waals surface area contributed by atoms with E-state index in [1.165, 1.54) is 11.3 Å². The highest BCUT2D eigenvalue weighted by Crippen LogP contribution is 2.24. The lowest BCUT2D eigenvalue weighted by Crippen LogP contribution is -2.32. The van der Waals surface area contributed by atoms with Crippen LogP contribution in [0.25, 0.3) is 10.9 Å². The average molecular weight is 404 g/mol. The quantitative estimate of drug-likeness (QED) is 0.501. The van der Waals surface area contributed by atoms with Gasteiger partial charge in [-0.3, -0.25) is 14.6 Å². The number of nitrogens with zero attached hydrogens (tertiary/aromatic N) is 2. The maximum atomic E-state index is 11.9. The van der Waals surface area contributed by atoms with Gasteiger partial charge in [-0.15, -0.1) is 11.3 Å². The fraction of sp³-hybridized carbons (Fsp3) is 0.222. The van der Waals surface area contributed by atoms with Crippen molar-refractivity contribution < 1.29 is 9.59 Å². The lowest BCUT2D eigenvalue weighted by Gasteiger charge is -2.10. The Morgan fingerprint density at radius 2 is 2.00 bits per heavy atom. The highest BCUT2D eigenvalue weighted by Gasteiger charge is 2.07. The molecule has 2 aromatic heterocycles. The van der Waals surface area contributed by atoms with Crippen LogP contribution in [0, 0.1) is 0 Å². The number of thiazole rings is 1. The number of carbonyl (C=O) groups is 2. The summed E-state index contributed by atoms with van der Waals surface area (Å²) in [6.07, 6.45) is 4.28. The predicted molar refractivity (Wildman–Crippen MR) is 108 cm³/mol. The number of benzene rings is 1. The molecule has 0 bridgehead atoms. The van der Waals surface area contributed by atoms with Crippen molar-refractivity contribution in [3.63, 3.8) is 0 Å². The van der Waals surface area contributed by atoms with Crippen LogP contribution in [-0.2, 0) is 9.59 Å². The Balaban J connectivity index is 1.38. The maximum Gasteiger partial charge on any atom is 0.245 e. The molecule has 3 aromatic rings. The molecule has 0 aliphatic carbocycles. The maximum absolute atomic E-state index is 11.9. The second-order valence-corrected chi connectivity index (χ2v) is 7.04. The molecule has 0 radical (unpaired) electrons. The molecule has 1 aromatic carbocycles. The molecule has 2 heterocycles. The number of hydrogen-bond donors (Lipinski definition) is 3. The number of rotatable bonds is 8. The summed E-state index contributed by atoms with van der Waals surface area (Å²) in [5.74, 6) is -0.462. The molecule has 0 atom stereocenters. The van der Waals surface area contributed by atoms with Gasteiger partial charge in [-0.05, 0) is 30.7 Å².